The van der Waals surface area contributed by atoms with Crippen molar-refractivity contribution in [2.45, 2.75) is 26.1 Å². The van der Waals surface area contributed by atoms with Crippen LogP contribution in [0.3, 0.4) is 0 Å². The molecular formula is C17H25Cl2N5O. The van der Waals surface area contributed by atoms with Gasteiger partial charge < -0.3 is 15.5 Å². The van der Waals surface area contributed by atoms with Gasteiger partial charge in [-0.15, -0.1) is 24.8 Å². The van der Waals surface area contributed by atoms with Crippen LogP contribution in [0.5, 0.6) is 0 Å². The van der Waals surface area contributed by atoms with Crippen LogP contribution in [-0.2, 0) is 26.1 Å². The quantitative estimate of drug-likeness (QED) is 0.734. The monoisotopic (exact) mass is 385 g/mol. The van der Waals surface area contributed by atoms with Crippen LogP contribution in [0.2, 0.25) is 0 Å². The van der Waals surface area contributed by atoms with Crippen molar-refractivity contribution in [3.05, 3.63) is 52.3 Å². The molecule has 0 atom stereocenters. The Morgan fingerprint density at radius 2 is 2.04 bits per heavy atom. The van der Waals surface area contributed by atoms with Gasteiger partial charge in [-0.1, -0.05) is 24.3 Å². The Hall–Kier alpha value is -1.60. The van der Waals surface area contributed by atoms with Crippen molar-refractivity contribution in [1.82, 2.24) is 25.7 Å². The minimum atomic E-state index is -0.121. The molecule has 1 aromatic heterocycles. The summed E-state index contributed by atoms with van der Waals surface area (Å²) >= 11 is 0. The number of fused-ring (bicyclic) bond motifs is 1. The van der Waals surface area contributed by atoms with Gasteiger partial charge in [-0.2, -0.15) is 5.10 Å². The van der Waals surface area contributed by atoms with Crippen molar-refractivity contribution in [3.8, 4) is 0 Å². The highest BCUT2D eigenvalue weighted by Crippen LogP contribution is 2.15. The van der Waals surface area contributed by atoms with Crippen LogP contribution in [0.15, 0.2) is 24.3 Å². The Bertz CT molecular complexity index is 702. The smallest absolute Gasteiger partial charge is 0.272 e. The van der Waals surface area contributed by atoms with Crippen LogP contribution in [-0.4, -0.2) is 41.6 Å². The van der Waals surface area contributed by atoms with Crippen LogP contribution < -0.4 is 10.6 Å². The second-order valence-electron chi connectivity index (χ2n) is 6.20. The third-order valence-corrected chi connectivity index (χ3v) is 3.96. The molecule has 8 heteroatoms. The lowest BCUT2D eigenvalue weighted by Gasteiger charge is -2.13. The molecule has 1 aliphatic rings. The Labute approximate surface area is 160 Å². The summed E-state index contributed by atoms with van der Waals surface area (Å²) in [6, 6.07) is 8.28. The molecule has 138 valence electrons. The highest BCUT2D eigenvalue weighted by Gasteiger charge is 2.21. The topological polar surface area (TPSA) is 73.0 Å². The molecule has 6 nitrogen and oxygen atoms in total. The van der Waals surface area contributed by atoms with Gasteiger partial charge in [0.05, 0.1) is 0 Å². The Balaban J connectivity index is 0.00000156. The number of halogens is 2. The number of carbonyl (C=O) groups is 1. The van der Waals surface area contributed by atoms with E-state index in [0.29, 0.717) is 18.8 Å². The number of carbonyl (C=O) groups excluding carboxylic acids is 1. The van der Waals surface area contributed by atoms with Crippen molar-refractivity contribution >= 4 is 30.7 Å². The van der Waals surface area contributed by atoms with Crippen molar-refractivity contribution in [2.24, 2.45) is 0 Å². The fraction of sp³-hybridized carbons (Fsp3) is 0.412. The van der Waals surface area contributed by atoms with Crippen molar-refractivity contribution in [2.75, 3.05) is 20.6 Å². The molecule has 0 saturated heterocycles. The van der Waals surface area contributed by atoms with E-state index in [0.717, 1.165) is 36.3 Å². The fourth-order valence-electron chi connectivity index (χ4n) is 2.88. The summed E-state index contributed by atoms with van der Waals surface area (Å²) in [6.45, 7) is 3.03. The maximum absolute atomic E-state index is 12.4. The van der Waals surface area contributed by atoms with Gasteiger partial charge in [0.15, 0.2) is 5.69 Å². The zero-order valence-corrected chi connectivity index (χ0v) is 16.1. The van der Waals surface area contributed by atoms with Gasteiger partial charge in [0, 0.05) is 43.9 Å². The average molecular weight is 386 g/mol. The number of aromatic amines is 1. The van der Waals surface area contributed by atoms with Crippen LogP contribution in [0.1, 0.15) is 32.9 Å². The van der Waals surface area contributed by atoms with Gasteiger partial charge in [0.2, 0.25) is 0 Å². The molecule has 1 aromatic carbocycles. The van der Waals surface area contributed by atoms with E-state index in [4.69, 9.17) is 0 Å². The maximum atomic E-state index is 12.4. The zero-order chi connectivity index (χ0) is 16.2. The molecule has 0 spiro atoms. The summed E-state index contributed by atoms with van der Waals surface area (Å²) in [4.78, 5) is 14.5. The van der Waals surface area contributed by atoms with E-state index >= 15 is 0 Å². The number of benzene rings is 1. The molecule has 3 N–H and O–H groups in total. The second kappa shape index (κ2) is 9.77. The summed E-state index contributed by atoms with van der Waals surface area (Å²) < 4.78 is 0. The SMILES string of the molecule is CN(C)Cc1cccc(CNC(=O)c2n[nH]c3c2CNCC3)c1.Cl.Cl. The lowest BCUT2D eigenvalue weighted by atomic mass is 10.1. The largest absolute Gasteiger partial charge is 0.347 e. The first-order chi connectivity index (χ1) is 11.1. The normalized spacial score (nSPS) is 12.8. The number of aromatic nitrogens is 2. The summed E-state index contributed by atoms with van der Waals surface area (Å²) in [5, 5.41) is 13.4. The molecule has 0 bridgehead atoms. The van der Waals surface area contributed by atoms with Crippen LogP contribution in [0, 0.1) is 0 Å². The Kier molecular flexibility index (Phi) is 8.38. The number of hydrogen-bond acceptors (Lipinski definition) is 4. The van der Waals surface area contributed by atoms with Crippen LogP contribution >= 0.6 is 24.8 Å². The third kappa shape index (κ3) is 5.44. The number of H-pyrrole nitrogens is 1. The van der Waals surface area contributed by atoms with E-state index in [1.807, 2.05) is 26.2 Å². The number of hydrogen-bond donors (Lipinski definition) is 3. The molecule has 25 heavy (non-hydrogen) atoms. The fourth-order valence-corrected chi connectivity index (χ4v) is 2.88. The van der Waals surface area contributed by atoms with E-state index in [1.165, 1.54) is 5.56 Å². The van der Waals surface area contributed by atoms with E-state index in [1.54, 1.807) is 0 Å². The van der Waals surface area contributed by atoms with E-state index in [9.17, 15) is 4.79 Å². The predicted molar refractivity (Wildman–Crippen MR) is 103 cm³/mol. The molecule has 0 saturated carbocycles. The van der Waals surface area contributed by atoms with E-state index in [2.05, 4.69) is 37.9 Å². The van der Waals surface area contributed by atoms with Gasteiger partial charge in [0.25, 0.3) is 5.91 Å². The average Bonchev–Trinajstić information content (AvgIpc) is 2.96. The van der Waals surface area contributed by atoms with Gasteiger partial charge in [-0.05, 0) is 25.2 Å². The molecule has 3 rings (SSSR count). The molecule has 0 unspecified atom stereocenters. The molecule has 2 aromatic rings. The highest BCUT2D eigenvalue weighted by atomic mass is 35.5. The zero-order valence-electron chi connectivity index (χ0n) is 14.5. The van der Waals surface area contributed by atoms with Gasteiger partial charge >= 0.3 is 0 Å². The van der Waals surface area contributed by atoms with Crippen molar-refractivity contribution in [1.29, 1.82) is 0 Å². The second-order valence-corrected chi connectivity index (χ2v) is 6.20. The number of amides is 1. The lowest BCUT2D eigenvalue weighted by Crippen LogP contribution is -2.28. The molecule has 2 heterocycles. The molecule has 1 amide bonds. The van der Waals surface area contributed by atoms with E-state index < -0.39 is 0 Å². The minimum Gasteiger partial charge on any atom is -0.347 e. The standard InChI is InChI=1S/C17H23N5O.2ClH/c1-22(2)11-13-5-3-4-12(8-13)9-19-17(23)16-14-10-18-7-6-15(14)20-21-16;;/h3-5,8,18H,6-7,9-11H2,1-2H3,(H,19,23)(H,20,21);2*1H. The molecule has 0 radical (unpaired) electrons. The lowest BCUT2D eigenvalue weighted by molar-refractivity contribution is 0.0944. The summed E-state index contributed by atoms with van der Waals surface area (Å²) in [7, 11) is 4.09. The number of rotatable bonds is 5. The van der Waals surface area contributed by atoms with Crippen LogP contribution in [0.4, 0.5) is 0 Å². The minimum absolute atomic E-state index is 0. The summed E-state index contributed by atoms with van der Waals surface area (Å²) in [5.74, 6) is -0.121. The first-order valence-corrected chi connectivity index (χ1v) is 7.91. The van der Waals surface area contributed by atoms with Gasteiger partial charge in [-0.3, -0.25) is 9.89 Å². The molecule has 1 aliphatic heterocycles. The van der Waals surface area contributed by atoms with Gasteiger partial charge in [-0.25, -0.2) is 0 Å². The first-order valence-electron chi connectivity index (χ1n) is 7.91. The summed E-state index contributed by atoms with van der Waals surface area (Å²) in [6.07, 6.45) is 0.891. The van der Waals surface area contributed by atoms with Crippen LogP contribution in [0.25, 0.3) is 0 Å². The third-order valence-electron chi connectivity index (χ3n) is 3.96. The Morgan fingerprint density at radius 3 is 2.80 bits per heavy atom. The number of nitrogens with one attached hydrogen (secondary N) is 3. The molecule has 0 fully saturated rings. The summed E-state index contributed by atoms with van der Waals surface area (Å²) in [5.41, 5.74) is 4.91. The van der Waals surface area contributed by atoms with Crippen molar-refractivity contribution in [3.63, 3.8) is 0 Å². The molecular weight excluding hydrogens is 361 g/mol. The highest BCUT2D eigenvalue weighted by molar-refractivity contribution is 5.94. The molecule has 0 aliphatic carbocycles. The number of nitrogens with zero attached hydrogens (tertiary/aromatic N) is 2. The Morgan fingerprint density at radius 1 is 1.28 bits per heavy atom. The maximum Gasteiger partial charge on any atom is 0.272 e. The van der Waals surface area contributed by atoms with Crippen molar-refractivity contribution < 1.29 is 4.79 Å². The first kappa shape index (κ1) is 21.4. The van der Waals surface area contributed by atoms with E-state index in [-0.39, 0.29) is 30.7 Å². The van der Waals surface area contributed by atoms with Gasteiger partial charge in [0.1, 0.15) is 0 Å². The predicted octanol–water partition coefficient (Wildman–Crippen LogP) is 1.89.